The van der Waals surface area contributed by atoms with Gasteiger partial charge in [-0.25, -0.2) is 0 Å². The van der Waals surface area contributed by atoms with Crippen molar-refractivity contribution in [2.45, 2.75) is 46.8 Å². The van der Waals surface area contributed by atoms with Gasteiger partial charge in [-0.05, 0) is 32.5 Å². The van der Waals surface area contributed by atoms with Crippen molar-refractivity contribution in [3.05, 3.63) is 23.7 Å². The molecule has 17 heavy (non-hydrogen) atoms. The monoisotopic (exact) mass is 238 g/mol. The maximum atomic E-state index is 5.58. The second-order valence-electron chi connectivity index (χ2n) is 5.05. The number of hydrogen-bond donors (Lipinski definition) is 1. The lowest BCUT2D eigenvalue weighted by Crippen LogP contribution is -2.33. The summed E-state index contributed by atoms with van der Waals surface area (Å²) in [7, 11) is 2.16. The van der Waals surface area contributed by atoms with Crippen LogP contribution < -0.4 is 5.32 Å². The van der Waals surface area contributed by atoms with Crippen LogP contribution in [0.2, 0.25) is 0 Å². The first-order chi connectivity index (χ1) is 8.06. The van der Waals surface area contributed by atoms with Gasteiger partial charge in [0.2, 0.25) is 0 Å². The van der Waals surface area contributed by atoms with Crippen LogP contribution in [0.4, 0.5) is 0 Å². The van der Waals surface area contributed by atoms with Gasteiger partial charge in [0.1, 0.15) is 5.76 Å². The Balaban J connectivity index is 2.58. The number of nitrogens with zero attached hydrogens (tertiary/aromatic N) is 1. The molecule has 3 heteroatoms. The summed E-state index contributed by atoms with van der Waals surface area (Å²) in [5, 5.41) is 3.34. The van der Waals surface area contributed by atoms with Crippen LogP contribution in [0.15, 0.2) is 16.7 Å². The third-order valence-electron chi connectivity index (χ3n) is 3.46. The maximum absolute atomic E-state index is 5.58. The molecule has 0 aliphatic rings. The molecule has 1 heterocycles. The SMILES string of the molecule is CCNCc1ccoc1CN(C)C(C)C(C)C. The molecule has 0 bridgehead atoms. The van der Waals surface area contributed by atoms with Gasteiger partial charge in [-0.15, -0.1) is 0 Å². The molecule has 98 valence electrons. The first kappa shape index (κ1) is 14.3. The Morgan fingerprint density at radius 2 is 2.06 bits per heavy atom. The number of hydrogen-bond acceptors (Lipinski definition) is 3. The molecular weight excluding hydrogens is 212 g/mol. The minimum absolute atomic E-state index is 0.562. The molecule has 0 fully saturated rings. The number of rotatable bonds is 7. The molecule has 0 aliphatic heterocycles. The van der Waals surface area contributed by atoms with Gasteiger partial charge in [-0.2, -0.15) is 0 Å². The van der Waals surface area contributed by atoms with E-state index in [9.17, 15) is 0 Å². The van der Waals surface area contributed by atoms with Gasteiger partial charge in [-0.1, -0.05) is 20.8 Å². The van der Waals surface area contributed by atoms with Crippen LogP contribution >= 0.6 is 0 Å². The Kier molecular flexibility index (Phi) is 5.72. The molecule has 0 aromatic carbocycles. The standard InChI is InChI=1S/C14H26N2O/c1-6-15-9-13-7-8-17-14(13)10-16(5)12(4)11(2)3/h7-8,11-12,15H,6,9-10H2,1-5H3. The first-order valence-corrected chi connectivity index (χ1v) is 6.52. The van der Waals surface area contributed by atoms with Crippen molar-refractivity contribution in [2.75, 3.05) is 13.6 Å². The molecule has 1 N–H and O–H groups in total. The summed E-state index contributed by atoms with van der Waals surface area (Å²) in [4.78, 5) is 2.35. The molecule has 0 spiro atoms. The van der Waals surface area contributed by atoms with Crippen molar-refractivity contribution in [3.8, 4) is 0 Å². The van der Waals surface area contributed by atoms with Crippen LogP contribution in [0.5, 0.6) is 0 Å². The van der Waals surface area contributed by atoms with E-state index in [1.165, 1.54) is 5.56 Å². The summed E-state index contributed by atoms with van der Waals surface area (Å²) in [6.07, 6.45) is 1.79. The Morgan fingerprint density at radius 1 is 1.35 bits per heavy atom. The Labute approximate surface area is 105 Å². The maximum Gasteiger partial charge on any atom is 0.122 e. The first-order valence-electron chi connectivity index (χ1n) is 6.52. The fourth-order valence-electron chi connectivity index (χ4n) is 1.80. The predicted molar refractivity (Wildman–Crippen MR) is 71.9 cm³/mol. The summed E-state index contributed by atoms with van der Waals surface area (Å²) >= 11 is 0. The normalized spacial score (nSPS) is 13.6. The van der Waals surface area contributed by atoms with Crippen LogP contribution in [-0.4, -0.2) is 24.5 Å². The summed E-state index contributed by atoms with van der Waals surface area (Å²) in [6.45, 7) is 11.7. The lowest BCUT2D eigenvalue weighted by molar-refractivity contribution is 0.186. The van der Waals surface area contributed by atoms with E-state index >= 15 is 0 Å². The Bertz CT molecular complexity index is 320. The van der Waals surface area contributed by atoms with Crippen molar-refractivity contribution in [1.29, 1.82) is 0 Å². The zero-order valence-electron chi connectivity index (χ0n) is 11.8. The second kappa shape index (κ2) is 6.82. The average molecular weight is 238 g/mol. The highest BCUT2D eigenvalue weighted by Crippen LogP contribution is 2.16. The fourth-order valence-corrected chi connectivity index (χ4v) is 1.80. The Morgan fingerprint density at radius 3 is 2.65 bits per heavy atom. The van der Waals surface area contributed by atoms with Gasteiger partial charge in [0.25, 0.3) is 0 Å². The van der Waals surface area contributed by atoms with Crippen molar-refractivity contribution < 1.29 is 4.42 Å². The molecule has 0 radical (unpaired) electrons. The van der Waals surface area contributed by atoms with Gasteiger partial charge >= 0.3 is 0 Å². The van der Waals surface area contributed by atoms with Crippen LogP contribution in [0.3, 0.4) is 0 Å². The van der Waals surface area contributed by atoms with Gasteiger partial charge < -0.3 is 9.73 Å². The fraction of sp³-hybridized carbons (Fsp3) is 0.714. The molecule has 1 unspecified atom stereocenters. The molecule has 1 aromatic heterocycles. The van der Waals surface area contributed by atoms with E-state index in [-0.39, 0.29) is 0 Å². The highest BCUT2D eigenvalue weighted by atomic mass is 16.3. The van der Waals surface area contributed by atoms with Crippen molar-refractivity contribution in [1.82, 2.24) is 10.2 Å². The largest absolute Gasteiger partial charge is 0.468 e. The zero-order valence-corrected chi connectivity index (χ0v) is 11.8. The van der Waals surface area contributed by atoms with Crippen LogP contribution in [0.1, 0.15) is 39.0 Å². The molecular formula is C14H26N2O. The zero-order chi connectivity index (χ0) is 12.8. The summed E-state index contributed by atoms with van der Waals surface area (Å²) in [5.74, 6) is 1.74. The molecule has 0 amide bonds. The van der Waals surface area contributed by atoms with Crippen molar-refractivity contribution in [2.24, 2.45) is 5.92 Å². The molecule has 3 nitrogen and oxygen atoms in total. The van der Waals surface area contributed by atoms with Crippen LogP contribution in [0, 0.1) is 5.92 Å². The van der Waals surface area contributed by atoms with Crippen molar-refractivity contribution >= 4 is 0 Å². The summed E-state index contributed by atoms with van der Waals surface area (Å²) in [6, 6.07) is 2.62. The van der Waals surface area contributed by atoms with Gasteiger partial charge in [0.05, 0.1) is 12.8 Å². The van der Waals surface area contributed by atoms with Gasteiger partial charge in [0, 0.05) is 18.2 Å². The minimum atomic E-state index is 0.562. The van der Waals surface area contributed by atoms with E-state index in [0.29, 0.717) is 12.0 Å². The smallest absolute Gasteiger partial charge is 0.122 e. The van der Waals surface area contributed by atoms with Gasteiger partial charge in [0.15, 0.2) is 0 Å². The highest BCUT2D eigenvalue weighted by molar-refractivity contribution is 5.16. The third-order valence-corrected chi connectivity index (χ3v) is 3.46. The van der Waals surface area contributed by atoms with E-state index in [0.717, 1.165) is 25.4 Å². The van der Waals surface area contributed by atoms with E-state index in [1.807, 2.05) is 0 Å². The molecule has 0 saturated heterocycles. The molecule has 1 atom stereocenters. The summed E-state index contributed by atoms with van der Waals surface area (Å²) < 4.78 is 5.58. The van der Waals surface area contributed by atoms with Crippen LogP contribution in [0.25, 0.3) is 0 Å². The van der Waals surface area contributed by atoms with E-state index in [4.69, 9.17) is 4.42 Å². The lowest BCUT2D eigenvalue weighted by Gasteiger charge is -2.27. The highest BCUT2D eigenvalue weighted by Gasteiger charge is 2.16. The second-order valence-corrected chi connectivity index (χ2v) is 5.05. The Hall–Kier alpha value is -0.800. The van der Waals surface area contributed by atoms with Crippen LogP contribution in [-0.2, 0) is 13.1 Å². The van der Waals surface area contributed by atoms with Gasteiger partial charge in [-0.3, -0.25) is 4.90 Å². The molecule has 1 rings (SSSR count). The minimum Gasteiger partial charge on any atom is -0.468 e. The number of furan rings is 1. The van der Waals surface area contributed by atoms with Crippen molar-refractivity contribution in [3.63, 3.8) is 0 Å². The van der Waals surface area contributed by atoms with E-state index < -0.39 is 0 Å². The predicted octanol–water partition coefficient (Wildman–Crippen LogP) is 2.87. The average Bonchev–Trinajstić information content (AvgIpc) is 2.72. The lowest BCUT2D eigenvalue weighted by atomic mass is 10.0. The number of nitrogens with one attached hydrogen (secondary N) is 1. The topological polar surface area (TPSA) is 28.4 Å². The third kappa shape index (κ3) is 4.17. The quantitative estimate of drug-likeness (QED) is 0.792. The summed E-state index contributed by atoms with van der Waals surface area (Å²) in [5.41, 5.74) is 1.27. The van der Waals surface area contributed by atoms with E-state index in [1.54, 1.807) is 6.26 Å². The molecule has 1 aromatic rings. The molecule has 0 saturated carbocycles. The van der Waals surface area contributed by atoms with E-state index in [2.05, 4.69) is 51.0 Å². The molecule has 0 aliphatic carbocycles.